The molecule has 1 aliphatic rings. The van der Waals surface area contributed by atoms with Crippen molar-refractivity contribution in [1.29, 1.82) is 0 Å². The van der Waals surface area contributed by atoms with Crippen LogP contribution in [0.4, 0.5) is 0 Å². The van der Waals surface area contributed by atoms with Gasteiger partial charge in [0.05, 0.1) is 29.3 Å². The third-order valence-electron chi connectivity index (χ3n) is 4.07. The molecule has 5 nitrogen and oxygen atoms in total. The Bertz CT molecular complexity index is 822. The van der Waals surface area contributed by atoms with E-state index >= 15 is 0 Å². The van der Waals surface area contributed by atoms with E-state index in [1.807, 2.05) is 6.07 Å². The first kappa shape index (κ1) is 16.6. The first-order valence-corrected chi connectivity index (χ1v) is 7.94. The molecule has 2 aromatic carbocycles. The largest absolute Gasteiger partial charge is 0.463 e. The second kappa shape index (κ2) is 6.73. The summed E-state index contributed by atoms with van der Waals surface area (Å²) in [6.07, 6.45) is 0. The first-order chi connectivity index (χ1) is 12.1. The quantitative estimate of drug-likeness (QED) is 0.478. The SMILES string of the molecule is C=C(C(=O)OCC)C(c1ccccc1)N1C(=O)c2ccccc2C1=O. The number of rotatable bonds is 5. The number of imide groups is 1. The van der Waals surface area contributed by atoms with Gasteiger partial charge < -0.3 is 4.74 Å². The summed E-state index contributed by atoms with van der Waals surface area (Å²) in [5, 5.41) is 0. The zero-order chi connectivity index (χ0) is 18.0. The van der Waals surface area contributed by atoms with E-state index in [4.69, 9.17) is 4.74 Å². The third kappa shape index (κ3) is 2.85. The highest BCUT2D eigenvalue weighted by atomic mass is 16.5. The van der Waals surface area contributed by atoms with E-state index in [1.165, 1.54) is 0 Å². The Hall–Kier alpha value is -3.21. The predicted octanol–water partition coefficient (Wildman–Crippen LogP) is 3.14. The van der Waals surface area contributed by atoms with Crippen LogP contribution >= 0.6 is 0 Å². The van der Waals surface area contributed by atoms with Crippen LogP contribution in [0.1, 0.15) is 39.2 Å². The van der Waals surface area contributed by atoms with E-state index in [9.17, 15) is 14.4 Å². The fraction of sp³-hybridized carbons (Fsp3) is 0.150. The van der Waals surface area contributed by atoms with Crippen LogP contribution in [0.5, 0.6) is 0 Å². The van der Waals surface area contributed by atoms with Crippen molar-refractivity contribution in [3.63, 3.8) is 0 Å². The maximum atomic E-state index is 12.8. The highest BCUT2D eigenvalue weighted by Crippen LogP contribution is 2.35. The molecular formula is C20H17NO4. The van der Waals surface area contributed by atoms with Crippen molar-refractivity contribution in [3.05, 3.63) is 83.4 Å². The maximum absolute atomic E-state index is 12.8. The minimum absolute atomic E-state index is 0.0440. The molecule has 0 saturated carbocycles. The summed E-state index contributed by atoms with van der Waals surface area (Å²) in [4.78, 5) is 38.9. The molecule has 0 aromatic heterocycles. The third-order valence-corrected chi connectivity index (χ3v) is 4.07. The topological polar surface area (TPSA) is 63.7 Å². The average Bonchev–Trinajstić information content (AvgIpc) is 2.88. The van der Waals surface area contributed by atoms with Gasteiger partial charge in [0.15, 0.2) is 0 Å². The summed E-state index contributed by atoms with van der Waals surface area (Å²) in [5.74, 6) is -1.52. The van der Waals surface area contributed by atoms with Crippen molar-refractivity contribution in [2.75, 3.05) is 6.61 Å². The average molecular weight is 335 g/mol. The molecule has 1 atom stereocenters. The van der Waals surface area contributed by atoms with Gasteiger partial charge in [-0.1, -0.05) is 49.0 Å². The molecule has 1 unspecified atom stereocenters. The number of amides is 2. The number of fused-ring (bicyclic) bond motifs is 1. The Kier molecular flexibility index (Phi) is 4.48. The van der Waals surface area contributed by atoms with Crippen molar-refractivity contribution in [1.82, 2.24) is 4.90 Å². The zero-order valence-corrected chi connectivity index (χ0v) is 13.8. The zero-order valence-electron chi connectivity index (χ0n) is 13.8. The molecule has 126 valence electrons. The van der Waals surface area contributed by atoms with E-state index < -0.39 is 23.8 Å². The van der Waals surface area contributed by atoms with E-state index in [0.29, 0.717) is 16.7 Å². The van der Waals surface area contributed by atoms with Crippen LogP contribution in [0.15, 0.2) is 66.7 Å². The molecule has 0 bridgehead atoms. The van der Waals surface area contributed by atoms with Crippen LogP contribution in [0.2, 0.25) is 0 Å². The highest BCUT2D eigenvalue weighted by molar-refractivity contribution is 6.22. The van der Waals surface area contributed by atoms with Crippen LogP contribution in [-0.4, -0.2) is 29.3 Å². The van der Waals surface area contributed by atoms with Gasteiger partial charge in [-0.2, -0.15) is 0 Å². The number of ether oxygens (including phenoxy) is 1. The first-order valence-electron chi connectivity index (χ1n) is 7.94. The fourth-order valence-corrected chi connectivity index (χ4v) is 2.92. The molecule has 0 spiro atoms. The van der Waals surface area contributed by atoms with Crippen LogP contribution in [0.3, 0.4) is 0 Å². The maximum Gasteiger partial charge on any atom is 0.335 e. The van der Waals surface area contributed by atoms with Crippen molar-refractivity contribution in [2.45, 2.75) is 13.0 Å². The smallest absolute Gasteiger partial charge is 0.335 e. The summed E-state index contributed by atoms with van der Waals surface area (Å²) in [6.45, 7) is 5.67. The molecule has 5 heteroatoms. The van der Waals surface area contributed by atoms with Crippen LogP contribution in [0.25, 0.3) is 0 Å². The van der Waals surface area contributed by atoms with Gasteiger partial charge in [0.1, 0.15) is 0 Å². The van der Waals surface area contributed by atoms with Gasteiger partial charge in [-0.25, -0.2) is 4.79 Å². The summed E-state index contributed by atoms with van der Waals surface area (Å²) in [7, 11) is 0. The molecule has 25 heavy (non-hydrogen) atoms. The molecule has 0 saturated heterocycles. The van der Waals surface area contributed by atoms with Crippen molar-refractivity contribution >= 4 is 17.8 Å². The van der Waals surface area contributed by atoms with Gasteiger partial charge in [-0.05, 0) is 24.6 Å². The fourth-order valence-electron chi connectivity index (χ4n) is 2.92. The van der Waals surface area contributed by atoms with Gasteiger partial charge in [0, 0.05) is 0 Å². The number of hydrogen-bond acceptors (Lipinski definition) is 4. The molecule has 2 amide bonds. The monoisotopic (exact) mass is 335 g/mol. The summed E-state index contributed by atoms with van der Waals surface area (Å²) in [6, 6.07) is 14.6. The lowest BCUT2D eigenvalue weighted by Crippen LogP contribution is -2.37. The molecule has 3 rings (SSSR count). The van der Waals surface area contributed by atoms with Gasteiger partial charge in [0.2, 0.25) is 0 Å². The Morgan fingerprint density at radius 1 is 1.00 bits per heavy atom. The van der Waals surface area contributed by atoms with E-state index in [0.717, 1.165) is 4.90 Å². The van der Waals surface area contributed by atoms with Gasteiger partial charge in [0.25, 0.3) is 11.8 Å². The number of nitrogens with zero attached hydrogens (tertiary/aromatic N) is 1. The summed E-state index contributed by atoms with van der Waals surface area (Å²) >= 11 is 0. The normalized spacial score (nSPS) is 14.2. The molecule has 1 aliphatic heterocycles. The molecule has 0 radical (unpaired) electrons. The van der Waals surface area contributed by atoms with Crippen molar-refractivity contribution in [2.24, 2.45) is 0 Å². The predicted molar refractivity (Wildman–Crippen MR) is 91.9 cm³/mol. The summed E-state index contributed by atoms with van der Waals surface area (Å²) < 4.78 is 5.03. The van der Waals surface area contributed by atoms with Gasteiger partial charge in [-0.15, -0.1) is 0 Å². The van der Waals surface area contributed by atoms with Crippen molar-refractivity contribution in [3.8, 4) is 0 Å². The second-order valence-corrected chi connectivity index (χ2v) is 5.58. The van der Waals surface area contributed by atoms with Gasteiger partial charge >= 0.3 is 5.97 Å². The molecular weight excluding hydrogens is 318 g/mol. The number of hydrogen-bond donors (Lipinski definition) is 0. The molecule has 0 N–H and O–H groups in total. The Balaban J connectivity index is 2.07. The Morgan fingerprint density at radius 3 is 2.04 bits per heavy atom. The summed E-state index contributed by atoms with van der Waals surface area (Å²) in [5.41, 5.74) is 1.31. The minimum atomic E-state index is -0.910. The number of benzene rings is 2. The van der Waals surface area contributed by atoms with E-state index in [2.05, 4.69) is 6.58 Å². The lowest BCUT2D eigenvalue weighted by molar-refractivity contribution is -0.139. The number of carbonyl (C=O) groups is 3. The Labute approximate surface area is 145 Å². The van der Waals surface area contributed by atoms with E-state index in [1.54, 1.807) is 55.5 Å². The lowest BCUT2D eigenvalue weighted by Gasteiger charge is -2.27. The standard InChI is InChI=1S/C20H17NO4/c1-3-25-20(24)13(2)17(14-9-5-4-6-10-14)21-18(22)15-11-7-8-12-16(15)19(21)23/h4-12,17H,2-3H2,1H3. The molecule has 0 fully saturated rings. The van der Waals surface area contributed by atoms with Gasteiger partial charge in [-0.3, -0.25) is 14.5 Å². The number of carbonyl (C=O) groups excluding carboxylic acids is 3. The highest BCUT2D eigenvalue weighted by Gasteiger charge is 2.42. The van der Waals surface area contributed by atoms with E-state index in [-0.39, 0.29) is 12.2 Å². The molecule has 1 heterocycles. The second-order valence-electron chi connectivity index (χ2n) is 5.58. The van der Waals surface area contributed by atoms with Crippen LogP contribution in [0, 0.1) is 0 Å². The van der Waals surface area contributed by atoms with Crippen LogP contribution in [-0.2, 0) is 9.53 Å². The number of esters is 1. The minimum Gasteiger partial charge on any atom is -0.463 e. The lowest BCUT2D eigenvalue weighted by atomic mass is 9.98. The molecule has 2 aromatic rings. The van der Waals surface area contributed by atoms with Crippen molar-refractivity contribution < 1.29 is 19.1 Å². The Morgan fingerprint density at radius 2 is 1.52 bits per heavy atom. The molecule has 0 aliphatic carbocycles. The van der Waals surface area contributed by atoms with Crippen LogP contribution < -0.4 is 0 Å².